The van der Waals surface area contributed by atoms with Gasteiger partial charge in [0.05, 0.1) is 0 Å². The summed E-state index contributed by atoms with van der Waals surface area (Å²) in [5.74, 6) is -0.0382. The second kappa shape index (κ2) is 8.48. The number of thioether (sulfide) groups is 1. The van der Waals surface area contributed by atoms with E-state index in [1.807, 2.05) is 60.7 Å². The van der Waals surface area contributed by atoms with E-state index in [0.29, 0.717) is 11.7 Å². The van der Waals surface area contributed by atoms with Crippen LogP contribution in [0.2, 0.25) is 0 Å². The number of aromatic nitrogens is 3. The minimum Gasteiger partial charge on any atom is -0.352 e. The first kappa shape index (κ1) is 18.6. The summed E-state index contributed by atoms with van der Waals surface area (Å²) in [6.45, 7) is 0.507. The van der Waals surface area contributed by atoms with Crippen molar-refractivity contribution in [3.63, 3.8) is 0 Å². The van der Waals surface area contributed by atoms with E-state index in [9.17, 15) is 9.59 Å². The van der Waals surface area contributed by atoms with Crippen molar-refractivity contribution in [3.05, 3.63) is 82.3 Å². The van der Waals surface area contributed by atoms with Crippen LogP contribution < -0.4 is 11.0 Å². The number of nitrogens with zero attached hydrogens (tertiary/aromatic N) is 2. The molecule has 144 valence electrons. The molecule has 1 aliphatic rings. The summed E-state index contributed by atoms with van der Waals surface area (Å²) in [6.07, 6.45) is 2.78. The average molecular weight is 395 g/mol. The topological polar surface area (TPSA) is 79.8 Å². The Bertz CT molecular complexity index is 980. The quantitative estimate of drug-likeness (QED) is 0.576. The smallest absolute Gasteiger partial charge is 0.343 e. The van der Waals surface area contributed by atoms with Crippen LogP contribution >= 0.6 is 11.8 Å². The summed E-state index contributed by atoms with van der Waals surface area (Å²) >= 11 is 1.31. The summed E-state index contributed by atoms with van der Waals surface area (Å²) in [5, 5.41) is 9.85. The SMILES string of the molecule is O=C(NC1CC1)C(Sc1n[nH]c(=O)n1CCc1ccccc1)c1ccccc1. The number of benzene rings is 2. The van der Waals surface area contributed by atoms with E-state index in [4.69, 9.17) is 0 Å². The lowest BCUT2D eigenvalue weighted by Gasteiger charge is -2.16. The van der Waals surface area contributed by atoms with Gasteiger partial charge in [0.1, 0.15) is 5.25 Å². The van der Waals surface area contributed by atoms with Gasteiger partial charge in [-0.2, -0.15) is 0 Å². The van der Waals surface area contributed by atoms with Gasteiger partial charge >= 0.3 is 5.69 Å². The van der Waals surface area contributed by atoms with Crippen molar-refractivity contribution < 1.29 is 4.79 Å². The highest BCUT2D eigenvalue weighted by atomic mass is 32.2. The van der Waals surface area contributed by atoms with Gasteiger partial charge in [-0.25, -0.2) is 9.89 Å². The molecule has 1 aromatic heterocycles. The maximum Gasteiger partial charge on any atom is 0.343 e. The number of H-pyrrole nitrogens is 1. The maximum atomic E-state index is 12.8. The number of nitrogens with one attached hydrogen (secondary N) is 2. The van der Waals surface area contributed by atoms with Crippen LogP contribution in [0.15, 0.2) is 70.6 Å². The normalized spacial score (nSPS) is 14.6. The van der Waals surface area contributed by atoms with Crippen molar-refractivity contribution >= 4 is 17.7 Å². The zero-order chi connectivity index (χ0) is 19.3. The Morgan fingerprint density at radius 2 is 1.82 bits per heavy atom. The van der Waals surface area contributed by atoms with Crippen LogP contribution in [0, 0.1) is 0 Å². The molecular formula is C21H22N4O2S. The van der Waals surface area contributed by atoms with Crippen molar-refractivity contribution in [1.29, 1.82) is 0 Å². The summed E-state index contributed by atoms with van der Waals surface area (Å²) in [5.41, 5.74) is 1.79. The Kier molecular flexibility index (Phi) is 5.62. The molecule has 4 rings (SSSR count). The fraction of sp³-hybridized carbons (Fsp3) is 0.286. The fourth-order valence-electron chi connectivity index (χ4n) is 2.99. The van der Waals surface area contributed by atoms with Crippen molar-refractivity contribution in [3.8, 4) is 0 Å². The van der Waals surface area contributed by atoms with Gasteiger partial charge in [0.2, 0.25) is 5.91 Å². The molecule has 6 nitrogen and oxygen atoms in total. The molecule has 0 radical (unpaired) electrons. The highest BCUT2D eigenvalue weighted by molar-refractivity contribution is 8.00. The molecule has 1 aliphatic carbocycles. The van der Waals surface area contributed by atoms with Crippen molar-refractivity contribution in [2.45, 2.75) is 42.3 Å². The third-order valence-corrected chi connectivity index (χ3v) is 5.92. The fourth-order valence-corrected chi connectivity index (χ4v) is 4.07. The number of hydrogen-bond acceptors (Lipinski definition) is 4. The van der Waals surface area contributed by atoms with E-state index in [1.54, 1.807) is 4.57 Å². The lowest BCUT2D eigenvalue weighted by Crippen LogP contribution is -2.30. The molecule has 0 spiro atoms. The Hall–Kier alpha value is -2.80. The van der Waals surface area contributed by atoms with Gasteiger partial charge in [0.15, 0.2) is 5.16 Å². The zero-order valence-electron chi connectivity index (χ0n) is 15.4. The van der Waals surface area contributed by atoms with Gasteiger partial charge in [-0.15, -0.1) is 5.10 Å². The molecule has 1 atom stereocenters. The van der Waals surface area contributed by atoms with E-state index in [1.165, 1.54) is 11.8 Å². The average Bonchev–Trinajstić information content (AvgIpc) is 3.47. The Balaban J connectivity index is 1.54. The summed E-state index contributed by atoms with van der Waals surface area (Å²) < 4.78 is 1.61. The van der Waals surface area contributed by atoms with Crippen molar-refractivity contribution in [2.24, 2.45) is 0 Å². The second-order valence-corrected chi connectivity index (χ2v) is 7.96. The first-order valence-corrected chi connectivity index (χ1v) is 10.3. The number of aromatic amines is 1. The van der Waals surface area contributed by atoms with E-state index in [0.717, 1.165) is 30.4 Å². The molecule has 0 aliphatic heterocycles. The van der Waals surface area contributed by atoms with E-state index in [2.05, 4.69) is 15.5 Å². The van der Waals surface area contributed by atoms with Crippen LogP contribution in [0.1, 0.15) is 29.2 Å². The van der Waals surface area contributed by atoms with Gasteiger partial charge in [-0.05, 0) is 30.4 Å². The minimum absolute atomic E-state index is 0.0382. The van der Waals surface area contributed by atoms with Gasteiger partial charge in [-0.1, -0.05) is 72.4 Å². The zero-order valence-corrected chi connectivity index (χ0v) is 16.2. The van der Waals surface area contributed by atoms with Crippen LogP contribution in [-0.2, 0) is 17.8 Å². The molecule has 1 fully saturated rings. The monoisotopic (exact) mass is 394 g/mol. The largest absolute Gasteiger partial charge is 0.352 e. The summed E-state index contributed by atoms with van der Waals surface area (Å²) in [4.78, 5) is 25.1. The number of carbonyl (C=O) groups excluding carboxylic acids is 1. The third kappa shape index (κ3) is 4.54. The third-order valence-electron chi connectivity index (χ3n) is 4.68. The van der Waals surface area contributed by atoms with Crippen molar-refractivity contribution in [2.75, 3.05) is 0 Å². The highest BCUT2D eigenvalue weighted by Gasteiger charge is 2.30. The molecule has 3 aromatic rings. The predicted octanol–water partition coefficient (Wildman–Crippen LogP) is 2.93. The Morgan fingerprint density at radius 1 is 1.14 bits per heavy atom. The van der Waals surface area contributed by atoms with Gasteiger partial charge in [0.25, 0.3) is 0 Å². The minimum atomic E-state index is -0.451. The second-order valence-electron chi connectivity index (χ2n) is 6.89. The van der Waals surface area contributed by atoms with Crippen LogP contribution in [0.25, 0.3) is 0 Å². The van der Waals surface area contributed by atoms with Crippen LogP contribution in [0.5, 0.6) is 0 Å². The van der Waals surface area contributed by atoms with E-state index < -0.39 is 5.25 Å². The number of hydrogen-bond donors (Lipinski definition) is 2. The first-order valence-electron chi connectivity index (χ1n) is 9.42. The standard InChI is InChI=1S/C21H22N4O2S/c26-19(22-17-11-12-17)18(16-9-5-2-6-10-16)28-21-24-23-20(27)25(21)14-13-15-7-3-1-4-8-15/h1-10,17-18H,11-14H2,(H,22,26)(H,23,27). The molecule has 1 unspecified atom stereocenters. The lowest BCUT2D eigenvalue weighted by molar-refractivity contribution is -0.120. The molecule has 1 amide bonds. The molecule has 1 saturated carbocycles. The number of carbonyl (C=O) groups is 1. The lowest BCUT2D eigenvalue weighted by atomic mass is 10.1. The molecule has 2 aromatic carbocycles. The maximum absolute atomic E-state index is 12.8. The molecule has 1 heterocycles. The van der Waals surface area contributed by atoms with Crippen LogP contribution in [-0.4, -0.2) is 26.7 Å². The van der Waals surface area contributed by atoms with Gasteiger partial charge in [0, 0.05) is 12.6 Å². The molecule has 7 heteroatoms. The van der Waals surface area contributed by atoms with Gasteiger partial charge < -0.3 is 5.32 Å². The Labute approximate surface area is 167 Å². The van der Waals surface area contributed by atoms with E-state index >= 15 is 0 Å². The van der Waals surface area contributed by atoms with Crippen LogP contribution in [0.4, 0.5) is 0 Å². The number of aryl methyl sites for hydroxylation is 1. The summed E-state index contributed by atoms with van der Waals surface area (Å²) in [7, 11) is 0. The number of rotatable bonds is 8. The Morgan fingerprint density at radius 3 is 2.50 bits per heavy atom. The number of amides is 1. The van der Waals surface area contributed by atoms with Crippen LogP contribution in [0.3, 0.4) is 0 Å². The molecule has 0 saturated heterocycles. The molecule has 2 N–H and O–H groups in total. The van der Waals surface area contributed by atoms with E-state index in [-0.39, 0.29) is 17.6 Å². The molecular weight excluding hydrogens is 372 g/mol. The van der Waals surface area contributed by atoms with Gasteiger partial charge in [-0.3, -0.25) is 9.36 Å². The molecule has 28 heavy (non-hydrogen) atoms. The molecule has 0 bridgehead atoms. The van der Waals surface area contributed by atoms with Crippen molar-refractivity contribution in [1.82, 2.24) is 20.1 Å². The first-order chi connectivity index (χ1) is 13.7. The predicted molar refractivity (Wildman–Crippen MR) is 109 cm³/mol. The summed E-state index contributed by atoms with van der Waals surface area (Å²) in [6, 6.07) is 19.9. The highest BCUT2D eigenvalue weighted by Crippen LogP contribution is 2.35.